The highest BCUT2D eigenvalue weighted by atomic mass is 19.1. The van der Waals surface area contributed by atoms with E-state index in [1.54, 1.807) is 27.6 Å². The summed E-state index contributed by atoms with van der Waals surface area (Å²) in [5.41, 5.74) is 6.49. The fraction of sp³-hybridized carbons (Fsp3) is 0.312. The second-order valence-corrected chi connectivity index (χ2v) is 4.76. The van der Waals surface area contributed by atoms with Crippen molar-refractivity contribution in [3.63, 3.8) is 0 Å². The van der Waals surface area contributed by atoms with Crippen LogP contribution in [0.15, 0.2) is 35.4 Å². The van der Waals surface area contributed by atoms with Crippen LogP contribution in [0.5, 0.6) is 0 Å². The van der Waals surface area contributed by atoms with Crippen molar-refractivity contribution in [1.29, 1.82) is 0 Å². The van der Waals surface area contributed by atoms with Gasteiger partial charge in [0.2, 0.25) is 0 Å². The summed E-state index contributed by atoms with van der Waals surface area (Å²) in [7, 11) is 0. The molecule has 0 spiro atoms. The first-order valence-corrected chi connectivity index (χ1v) is 6.88. The van der Waals surface area contributed by atoms with Crippen LogP contribution in [0.4, 0.5) is 4.39 Å². The molecule has 1 heterocycles. The zero-order valence-corrected chi connectivity index (χ0v) is 12.0. The van der Waals surface area contributed by atoms with Gasteiger partial charge in [-0.15, -0.1) is 0 Å². The second-order valence-electron chi connectivity index (χ2n) is 4.76. The van der Waals surface area contributed by atoms with Crippen molar-refractivity contribution in [2.45, 2.75) is 26.4 Å². The first-order valence-electron chi connectivity index (χ1n) is 6.88. The number of benzene rings is 1. The standard InChI is InChI=1S/C16H18FN3O/c1-2-6-19-7-8-20(16(19)21)12-14-9-13(4-3-5-18)10-15(17)11-14/h7-11H,2,5-6,12,18H2,1H3. The van der Waals surface area contributed by atoms with Crippen molar-refractivity contribution in [1.82, 2.24) is 9.13 Å². The normalized spacial score (nSPS) is 10.2. The van der Waals surface area contributed by atoms with E-state index in [0.717, 1.165) is 6.42 Å². The minimum Gasteiger partial charge on any atom is -0.320 e. The first-order chi connectivity index (χ1) is 10.1. The number of nitrogens with zero attached hydrogens (tertiary/aromatic N) is 2. The number of aryl methyl sites for hydroxylation is 1. The van der Waals surface area contributed by atoms with Gasteiger partial charge >= 0.3 is 5.69 Å². The molecule has 0 saturated carbocycles. The van der Waals surface area contributed by atoms with E-state index in [-0.39, 0.29) is 18.1 Å². The Morgan fingerprint density at radius 2 is 2.00 bits per heavy atom. The second kappa shape index (κ2) is 6.91. The van der Waals surface area contributed by atoms with Crippen LogP contribution in [0, 0.1) is 17.7 Å². The molecule has 1 aromatic heterocycles. The zero-order valence-electron chi connectivity index (χ0n) is 12.0. The smallest absolute Gasteiger partial charge is 0.320 e. The van der Waals surface area contributed by atoms with E-state index < -0.39 is 0 Å². The van der Waals surface area contributed by atoms with Gasteiger partial charge in [0.15, 0.2) is 0 Å². The van der Waals surface area contributed by atoms with Crippen LogP contribution in [-0.2, 0) is 13.1 Å². The van der Waals surface area contributed by atoms with Crippen LogP contribution >= 0.6 is 0 Å². The van der Waals surface area contributed by atoms with Gasteiger partial charge in [0, 0.05) is 24.5 Å². The molecule has 0 radical (unpaired) electrons. The van der Waals surface area contributed by atoms with Crippen molar-refractivity contribution in [3.05, 3.63) is 58.0 Å². The molecule has 2 aromatic rings. The van der Waals surface area contributed by atoms with E-state index in [9.17, 15) is 9.18 Å². The summed E-state index contributed by atoms with van der Waals surface area (Å²) < 4.78 is 16.8. The number of hydrogen-bond acceptors (Lipinski definition) is 2. The summed E-state index contributed by atoms with van der Waals surface area (Å²) in [5.74, 6) is 5.13. The third-order valence-electron chi connectivity index (χ3n) is 3.03. The highest BCUT2D eigenvalue weighted by Gasteiger charge is 2.05. The SMILES string of the molecule is CCCn1ccn(Cc2cc(F)cc(C#CCN)c2)c1=O. The summed E-state index contributed by atoms with van der Waals surface area (Å²) in [6.07, 6.45) is 4.36. The highest BCUT2D eigenvalue weighted by molar-refractivity contribution is 5.38. The Balaban J connectivity index is 2.27. The molecular weight excluding hydrogens is 269 g/mol. The number of rotatable bonds is 4. The van der Waals surface area contributed by atoms with E-state index in [1.165, 1.54) is 12.1 Å². The summed E-state index contributed by atoms with van der Waals surface area (Å²) in [6, 6.07) is 4.55. The van der Waals surface area contributed by atoms with Gasteiger partial charge in [-0.3, -0.25) is 9.13 Å². The van der Waals surface area contributed by atoms with Gasteiger partial charge in [0.05, 0.1) is 13.1 Å². The molecule has 0 aliphatic rings. The predicted molar refractivity (Wildman–Crippen MR) is 80.4 cm³/mol. The first kappa shape index (κ1) is 15.1. The van der Waals surface area contributed by atoms with Gasteiger partial charge in [0.1, 0.15) is 5.82 Å². The quantitative estimate of drug-likeness (QED) is 0.868. The molecule has 2 N–H and O–H groups in total. The molecule has 0 fully saturated rings. The summed E-state index contributed by atoms with van der Waals surface area (Å²) in [6.45, 7) is 3.25. The van der Waals surface area contributed by atoms with E-state index in [4.69, 9.17) is 5.73 Å². The molecule has 0 aliphatic carbocycles. The van der Waals surface area contributed by atoms with Crippen molar-refractivity contribution in [2.75, 3.05) is 6.54 Å². The Kier molecular flexibility index (Phi) is 4.96. The van der Waals surface area contributed by atoms with Crippen LogP contribution < -0.4 is 11.4 Å². The summed E-state index contributed by atoms with van der Waals surface area (Å²) in [5, 5.41) is 0. The number of aromatic nitrogens is 2. The van der Waals surface area contributed by atoms with Crippen molar-refractivity contribution >= 4 is 0 Å². The Hall–Kier alpha value is -2.32. The molecule has 0 atom stereocenters. The minimum atomic E-state index is -0.366. The van der Waals surface area contributed by atoms with E-state index >= 15 is 0 Å². The molecular formula is C16H18FN3O. The lowest BCUT2D eigenvalue weighted by atomic mass is 10.1. The maximum absolute atomic E-state index is 13.6. The molecule has 4 nitrogen and oxygen atoms in total. The zero-order chi connectivity index (χ0) is 15.2. The Morgan fingerprint density at radius 3 is 2.71 bits per heavy atom. The largest absolute Gasteiger partial charge is 0.328 e. The number of halogens is 1. The third-order valence-corrected chi connectivity index (χ3v) is 3.03. The van der Waals surface area contributed by atoms with Crippen molar-refractivity contribution in [3.8, 4) is 11.8 Å². The van der Waals surface area contributed by atoms with E-state index in [2.05, 4.69) is 11.8 Å². The number of hydrogen-bond donors (Lipinski definition) is 1. The fourth-order valence-corrected chi connectivity index (χ4v) is 2.15. The molecule has 2 rings (SSSR count). The topological polar surface area (TPSA) is 52.9 Å². The fourth-order valence-electron chi connectivity index (χ4n) is 2.15. The van der Waals surface area contributed by atoms with Gasteiger partial charge in [-0.05, 0) is 30.2 Å². The Morgan fingerprint density at radius 1 is 1.24 bits per heavy atom. The van der Waals surface area contributed by atoms with Crippen LogP contribution in [0.3, 0.4) is 0 Å². The average Bonchev–Trinajstić information content (AvgIpc) is 2.78. The molecule has 0 unspecified atom stereocenters. The highest BCUT2D eigenvalue weighted by Crippen LogP contribution is 2.09. The van der Waals surface area contributed by atoms with Crippen molar-refractivity contribution < 1.29 is 4.39 Å². The maximum Gasteiger partial charge on any atom is 0.328 e. The molecule has 0 aliphatic heterocycles. The minimum absolute atomic E-state index is 0.0873. The molecule has 110 valence electrons. The molecule has 21 heavy (non-hydrogen) atoms. The molecule has 0 amide bonds. The van der Waals surface area contributed by atoms with Gasteiger partial charge in [-0.2, -0.15) is 0 Å². The van der Waals surface area contributed by atoms with Crippen LogP contribution in [0.2, 0.25) is 0 Å². The molecule has 1 aromatic carbocycles. The predicted octanol–water partition coefficient (Wildman–Crippen LogP) is 1.56. The maximum atomic E-state index is 13.6. The summed E-state index contributed by atoms with van der Waals surface area (Å²) in [4.78, 5) is 12.1. The van der Waals surface area contributed by atoms with Gasteiger partial charge in [0.25, 0.3) is 0 Å². The van der Waals surface area contributed by atoms with E-state index in [1.807, 2.05) is 6.92 Å². The van der Waals surface area contributed by atoms with Gasteiger partial charge < -0.3 is 5.73 Å². The molecule has 0 bridgehead atoms. The molecule has 0 saturated heterocycles. The van der Waals surface area contributed by atoms with Crippen LogP contribution in [-0.4, -0.2) is 15.7 Å². The monoisotopic (exact) mass is 287 g/mol. The summed E-state index contributed by atoms with van der Waals surface area (Å²) >= 11 is 0. The third kappa shape index (κ3) is 3.83. The molecule has 5 heteroatoms. The lowest BCUT2D eigenvalue weighted by Gasteiger charge is -2.04. The average molecular weight is 287 g/mol. The Bertz CT molecular complexity index is 734. The van der Waals surface area contributed by atoms with Crippen LogP contribution in [0.25, 0.3) is 0 Å². The number of imidazole rings is 1. The lowest BCUT2D eigenvalue weighted by Crippen LogP contribution is -2.24. The van der Waals surface area contributed by atoms with E-state index in [0.29, 0.717) is 24.2 Å². The number of nitrogens with two attached hydrogens (primary N) is 1. The van der Waals surface area contributed by atoms with Crippen molar-refractivity contribution in [2.24, 2.45) is 5.73 Å². The Labute approximate surface area is 123 Å². The van der Waals surface area contributed by atoms with Gasteiger partial charge in [-0.25, -0.2) is 9.18 Å². The van der Waals surface area contributed by atoms with Crippen LogP contribution in [0.1, 0.15) is 24.5 Å². The van der Waals surface area contributed by atoms with Gasteiger partial charge in [-0.1, -0.05) is 18.8 Å². The lowest BCUT2D eigenvalue weighted by molar-refractivity contribution is 0.613.